The van der Waals surface area contributed by atoms with Crippen LogP contribution in [0.15, 0.2) is 12.2 Å². The fourth-order valence-electron chi connectivity index (χ4n) is 1.15. The van der Waals surface area contributed by atoms with E-state index in [1.807, 2.05) is 13.8 Å². The fraction of sp³-hybridized carbons (Fsp3) is 0.833. The van der Waals surface area contributed by atoms with Crippen molar-refractivity contribution in [2.45, 2.75) is 53.1 Å². The number of aliphatic hydroxyl groups excluding tert-OH is 1. The minimum atomic E-state index is -0.227. The third-order valence-electron chi connectivity index (χ3n) is 2.52. The first-order valence-electron chi connectivity index (χ1n) is 5.44. The van der Waals surface area contributed by atoms with Gasteiger partial charge < -0.3 is 5.11 Å². The molecule has 0 aliphatic heterocycles. The Morgan fingerprint density at radius 3 is 2.23 bits per heavy atom. The molecule has 0 aromatic heterocycles. The van der Waals surface area contributed by atoms with Crippen molar-refractivity contribution in [3.63, 3.8) is 0 Å². The predicted octanol–water partition coefficient (Wildman–Crippen LogP) is 3.39. The molecule has 0 spiro atoms. The van der Waals surface area contributed by atoms with Crippen molar-refractivity contribution in [2.24, 2.45) is 11.8 Å². The number of aliphatic hydroxyl groups is 1. The lowest BCUT2D eigenvalue weighted by molar-refractivity contribution is 0.157. The lowest BCUT2D eigenvalue weighted by Crippen LogP contribution is -2.10. The maximum absolute atomic E-state index is 9.26. The van der Waals surface area contributed by atoms with E-state index in [4.69, 9.17) is 0 Å². The Morgan fingerprint density at radius 1 is 1.15 bits per heavy atom. The second-order valence-electron chi connectivity index (χ2n) is 4.10. The number of unbranched alkanes of at least 4 members (excludes halogenated alkanes) is 1. The van der Waals surface area contributed by atoms with E-state index in [-0.39, 0.29) is 12.0 Å². The summed E-state index contributed by atoms with van der Waals surface area (Å²) in [5, 5.41) is 9.26. The Labute approximate surface area is 82.9 Å². The third-order valence-corrected chi connectivity index (χ3v) is 2.52. The van der Waals surface area contributed by atoms with E-state index < -0.39 is 0 Å². The Hall–Kier alpha value is -0.300. The largest absolute Gasteiger partial charge is 0.393 e. The first kappa shape index (κ1) is 12.7. The van der Waals surface area contributed by atoms with Gasteiger partial charge in [-0.2, -0.15) is 0 Å². The number of allylic oxidation sites excluding steroid dienone is 1. The van der Waals surface area contributed by atoms with E-state index in [0.717, 1.165) is 0 Å². The standard InChI is InChI=1S/C12H24O/c1-5-6-7-10(2)8-9-11(3)12(4)13/h8-13H,5-7H2,1-4H3/b9-8+/t10-,11-,12-/m1/s1. The molecule has 0 unspecified atom stereocenters. The van der Waals surface area contributed by atoms with Gasteiger partial charge in [0, 0.05) is 0 Å². The molecule has 1 nitrogen and oxygen atoms in total. The maximum Gasteiger partial charge on any atom is 0.0572 e. The molecule has 3 atom stereocenters. The van der Waals surface area contributed by atoms with Gasteiger partial charge in [-0.1, -0.05) is 45.8 Å². The van der Waals surface area contributed by atoms with Crippen LogP contribution in [-0.4, -0.2) is 11.2 Å². The SMILES string of the molecule is CCCC[C@@H](C)/C=C/[C@@H](C)[C@@H](C)O. The molecule has 0 saturated carbocycles. The van der Waals surface area contributed by atoms with Crippen molar-refractivity contribution < 1.29 is 5.11 Å². The van der Waals surface area contributed by atoms with Crippen LogP contribution in [0.5, 0.6) is 0 Å². The number of hydrogen-bond acceptors (Lipinski definition) is 1. The van der Waals surface area contributed by atoms with Gasteiger partial charge in [0.15, 0.2) is 0 Å². The minimum absolute atomic E-state index is 0.227. The van der Waals surface area contributed by atoms with E-state index >= 15 is 0 Å². The van der Waals surface area contributed by atoms with Gasteiger partial charge in [0.25, 0.3) is 0 Å². The lowest BCUT2D eigenvalue weighted by Gasteiger charge is -2.10. The molecule has 78 valence electrons. The summed E-state index contributed by atoms with van der Waals surface area (Å²) in [5.74, 6) is 0.935. The van der Waals surface area contributed by atoms with Gasteiger partial charge in [0.2, 0.25) is 0 Å². The molecular weight excluding hydrogens is 160 g/mol. The average Bonchev–Trinajstić information content (AvgIpc) is 2.10. The van der Waals surface area contributed by atoms with Crippen LogP contribution in [0.1, 0.15) is 47.0 Å². The molecule has 0 radical (unpaired) electrons. The Morgan fingerprint density at radius 2 is 1.77 bits per heavy atom. The first-order valence-corrected chi connectivity index (χ1v) is 5.44. The normalized spacial score (nSPS) is 18.8. The van der Waals surface area contributed by atoms with Crippen molar-refractivity contribution in [2.75, 3.05) is 0 Å². The van der Waals surface area contributed by atoms with Gasteiger partial charge in [-0.15, -0.1) is 0 Å². The van der Waals surface area contributed by atoms with E-state index in [2.05, 4.69) is 26.0 Å². The summed E-state index contributed by atoms with van der Waals surface area (Å²) in [4.78, 5) is 0. The van der Waals surface area contributed by atoms with Crippen molar-refractivity contribution >= 4 is 0 Å². The zero-order chi connectivity index (χ0) is 10.3. The Balaban J connectivity index is 3.69. The molecule has 0 rings (SSSR count). The summed E-state index contributed by atoms with van der Waals surface area (Å²) in [6.45, 7) is 8.34. The summed E-state index contributed by atoms with van der Waals surface area (Å²) in [5.41, 5.74) is 0. The van der Waals surface area contributed by atoms with E-state index in [9.17, 15) is 5.11 Å². The molecule has 0 bridgehead atoms. The summed E-state index contributed by atoms with van der Waals surface area (Å²) >= 11 is 0. The van der Waals surface area contributed by atoms with Crippen LogP contribution >= 0.6 is 0 Å². The molecule has 0 fully saturated rings. The van der Waals surface area contributed by atoms with Crippen molar-refractivity contribution in [1.29, 1.82) is 0 Å². The maximum atomic E-state index is 9.26. The van der Waals surface area contributed by atoms with Gasteiger partial charge in [-0.05, 0) is 25.2 Å². The summed E-state index contributed by atoms with van der Waals surface area (Å²) in [6, 6.07) is 0. The van der Waals surface area contributed by atoms with E-state index in [1.54, 1.807) is 0 Å². The van der Waals surface area contributed by atoms with Gasteiger partial charge in [-0.3, -0.25) is 0 Å². The van der Waals surface area contributed by atoms with Crippen LogP contribution in [-0.2, 0) is 0 Å². The van der Waals surface area contributed by atoms with Gasteiger partial charge in [0.1, 0.15) is 0 Å². The number of hydrogen-bond donors (Lipinski definition) is 1. The topological polar surface area (TPSA) is 20.2 Å². The smallest absolute Gasteiger partial charge is 0.0572 e. The summed E-state index contributed by atoms with van der Waals surface area (Å²) < 4.78 is 0. The molecule has 0 aromatic carbocycles. The van der Waals surface area contributed by atoms with Crippen molar-refractivity contribution in [3.05, 3.63) is 12.2 Å². The molecular formula is C12H24O. The highest BCUT2D eigenvalue weighted by Gasteiger charge is 2.04. The molecule has 0 aliphatic rings. The zero-order valence-electron chi connectivity index (χ0n) is 9.46. The third kappa shape index (κ3) is 6.83. The van der Waals surface area contributed by atoms with Crippen molar-refractivity contribution in [1.82, 2.24) is 0 Å². The molecule has 13 heavy (non-hydrogen) atoms. The fourth-order valence-corrected chi connectivity index (χ4v) is 1.15. The Kier molecular flexibility index (Phi) is 6.97. The minimum Gasteiger partial charge on any atom is -0.393 e. The number of rotatable bonds is 6. The molecule has 0 heterocycles. The van der Waals surface area contributed by atoms with Gasteiger partial charge in [0.05, 0.1) is 6.10 Å². The first-order chi connectivity index (χ1) is 6.07. The quantitative estimate of drug-likeness (QED) is 0.627. The predicted molar refractivity (Wildman–Crippen MR) is 58.7 cm³/mol. The Bertz CT molecular complexity index is 138. The molecule has 0 aliphatic carbocycles. The molecule has 0 amide bonds. The monoisotopic (exact) mass is 184 g/mol. The van der Waals surface area contributed by atoms with E-state index in [0.29, 0.717) is 5.92 Å². The highest BCUT2D eigenvalue weighted by molar-refractivity contribution is 4.91. The molecule has 1 heteroatoms. The van der Waals surface area contributed by atoms with Crippen LogP contribution < -0.4 is 0 Å². The van der Waals surface area contributed by atoms with Crippen LogP contribution in [0.3, 0.4) is 0 Å². The van der Waals surface area contributed by atoms with Crippen LogP contribution in [0, 0.1) is 11.8 Å². The summed E-state index contributed by atoms with van der Waals surface area (Å²) in [7, 11) is 0. The highest BCUT2D eigenvalue weighted by atomic mass is 16.3. The van der Waals surface area contributed by atoms with Crippen molar-refractivity contribution in [3.8, 4) is 0 Å². The second-order valence-corrected chi connectivity index (χ2v) is 4.10. The molecule has 1 N–H and O–H groups in total. The van der Waals surface area contributed by atoms with Crippen LogP contribution in [0.2, 0.25) is 0 Å². The summed E-state index contributed by atoms with van der Waals surface area (Å²) in [6.07, 6.45) is 7.96. The lowest BCUT2D eigenvalue weighted by atomic mass is 9.99. The molecule has 0 aromatic rings. The van der Waals surface area contributed by atoms with Crippen LogP contribution in [0.4, 0.5) is 0 Å². The zero-order valence-corrected chi connectivity index (χ0v) is 9.46. The van der Waals surface area contributed by atoms with Gasteiger partial charge in [-0.25, -0.2) is 0 Å². The van der Waals surface area contributed by atoms with Gasteiger partial charge >= 0.3 is 0 Å². The highest BCUT2D eigenvalue weighted by Crippen LogP contribution is 2.12. The van der Waals surface area contributed by atoms with Crippen LogP contribution in [0.25, 0.3) is 0 Å². The second kappa shape index (κ2) is 7.14. The molecule has 0 saturated heterocycles. The average molecular weight is 184 g/mol. The van der Waals surface area contributed by atoms with E-state index in [1.165, 1.54) is 19.3 Å².